The predicted octanol–water partition coefficient (Wildman–Crippen LogP) is -0.0177. The van der Waals surface area contributed by atoms with E-state index in [1.54, 1.807) is 6.07 Å². The zero-order valence-electron chi connectivity index (χ0n) is 10.6. The van der Waals surface area contributed by atoms with E-state index in [2.05, 4.69) is 5.32 Å². The smallest absolute Gasteiger partial charge is 0.326 e. The van der Waals surface area contributed by atoms with Crippen molar-refractivity contribution in [3.63, 3.8) is 0 Å². The molecule has 0 radical (unpaired) electrons. The Morgan fingerprint density at radius 3 is 2.58 bits per heavy atom. The van der Waals surface area contributed by atoms with Crippen LogP contribution in [0, 0.1) is 6.92 Å². The lowest BCUT2D eigenvalue weighted by Crippen LogP contribution is -2.43. The second kappa shape index (κ2) is 6.53. The topological polar surface area (TPSA) is 109 Å². The van der Waals surface area contributed by atoms with E-state index < -0.39 is 30.2 Å². The first-order chi connectivity index (χ1) is 8.88. The van der Waals surface area contributed by atoms with Crippen molar-refractivity contribution in [1.29, 1.82) is 0 Å². The molecular formula is C13H16N2O4. The molecule has 0 spiro atoms. The highest BCUT2D eigenvalue weighted by Gasteiger charge is 2.21. The summed E-state index contributed by atoms with van der Waals surface area (Å²) < 4.78 is 0. The molecule has 0 aliphatic carbocycles. The summed E-state index contributed by atoms with van der Waals surface area (Å²) in [5.74, 6) is -2.51. The van der Waals surface area contributed by atoms with Crippen molar-refractivity contribution in [2.75, 3.05) is 0 Å². The van der Waals surface area contributed by atoms with Crippen molar-refractivity contribution in [2.24, 2.45) is 5.73 Å². The van der Waals surface area contributed by atoms with E-state index in [-0.39, 0.29) is 6.42 Å². The number of primary amides is 1. The van der Waals surface area contributed by atoms with Crippen molar-refractivity contribution < 1.29 is 19.5 Å². The van der Waals surface area contributed by atoms with Gasteiger partial charge in [0.25, 0.3) is 0 Å². The maximum Gasteiger partial charge on any atom is 0.326 e. The third kappa shape index (κ3) is 5.20. The molecule has 1 rings (SSSR count). The van der Waals surface area contributed by atoms with Gasteiger partial charge in [0.05, 0.1) is 12.8 Å². The molecular weight excluding hydrogens is 248 g/mol. The first kappa shape index (κ1) is 14.7. The summed E-state index contributed by atoms with van der Waals surface area (Å²) in [7, 11) is 0. The van der Waals surface area contributed by atoms with Gasteiger partial charge in [-0.25, -0.2) is 4.79 Å². The molecule has 4 N–H and O–H groups in total. The van der Waals surface area contributed by atoms with E-state index >= 15 is 0 Å². The largest absolute Gasteiger partial charge is 0.480 e. The maximum absolute atomic E-state index is 11.7. The number of aryl methyl sites for hydroxylation is 1. The second-order valence-electron chi connectivity index (χ2n) is 4.29. The van der Waals surface area contributed by atoms with Crippen molar-refractivity contribution in [3.05, 3.63) is 35.4 Å². The summed E-state index contributed by atoms with van der Waals surface area (Å²) in [6.45, 7) is 1.90. The van der Waals surface area contributed by atoms with Crippen molar-refractivity contribution in [3.8, 4) is 0 Å². The number of nitrogens with one attached hydrogen (secondary N) is 1. The minimum Gasteiger partial charge on any atom is -0.480 e. The van der Waals surface area contributed by atoms with Gasteiger partial charge in [0.15, 0.2) is 0 Å². The molecule has 0 aliphatic rings. The third-order valence-corrected chi connectivity index (χ3v) is 2.49. The number of carbonyl (C=O) groups is 3. The van der Waals surface area contributed by atoms with Crippen LogP contribution in [0.3, 0.4) is 0 Å². The highest BCUT2D eigenvalue weighted by Crippen LogP contribution is 2.05. The molecule has 1 aromatic rings. The fourth-order valence-electron chi connectivity index (χ4n) is 1.65. The third-order valence-electron chi connectivity index (χ3n) is 2.49. The standard InChI is InChI=1S/C13H16N2O4/c1-8-3-2-4-9(5-8)6-12(17)15-10(13(18)19)7-11(14)16/h2-5,10H,6-7H2,1H3,(H2,14,16)(H,15,17)(H,18,19)/t10-/m1/s1. The Bertz CT molecular complexity index is 499. The zero-order chi connectivity index (χ0) is 14.4. The van der Waals surface area contributed by atoms with Crippen LogP contribution in [0.25, 0.3) is 0 Å². The van der Waals surface area contributed by atoms with Gasteiger partial charge in [-0.15, -0.1) is 0 Å². The highest BCUT2D eigenvalue weighted by molar-refractivity contribution is 5.88. The summed E-state index contributed by atoms with van der Waals surface area (Å²) in [5, 5.41) is 11.1. The molecule has 0 saturated carbocycles. The van der Waals surface area contributed by atoms with Crippen molar-refractivity contribution >= 4 is 17.8 Å². The van der Waals surface area contributed by atoms with Crippen LogP contribution < -0.4 is 11.1 Å². The summed E-state index contributed by atoms with van der Waals surface area (Å²) in [6, 6.07) is 6.04. The molecule has 0 fully saturated rings. The number of benzene rings is 1. The Morgan fingerprint density at radius 2 is 2.05 bits per heavy atom. The Morgan fingerprint density at radius 1 is 1.37 bits per heavy atom. The van der Waals surface area contributed by atoms with Gasteiger partial charge in [-0.05, 0) is 12.5 Å². The molecule has 1 aromatic carbocycles. The van der Waals surface area contributed by atoms with Gasteiger partial charge in [0.1, 0.15) is 6.04 Å². The number of carboxylic acids is 1. The SMILES string of the molecule is Cc1cccc(CC(=O)N[C@H](CC(N)=O)C(=O)O)c1. The lowest BCUT2D eigenvalue weighted by atomic mass is 10.1. The number of hydrogen-bond donors (Lipinski definition) is 3. The Balaban J connectivity index is 2.62. The number of carbonyl (C=O) groups excluding carboxylic acids is 2. The van der Waals surface area contributed by atoms with E-state index in [1.165, 1.54) is 0 Å². The van der Waals surface area contributed by atoms with Gasteiger partial charge < -0.3 is 16.2 Å². The van der Waals surface area contributed by atoms with Crippen LogP contribution in [-0.2, 0) is 20.8 Å². The number of amides is 2. The summed E-state index contributed by atoms with van der Waals surface area (Å²) >= 11 is 0. The molecule has 1 atom stereocenters. The number of rotatable bonds is 6. The van der Waals surface area contributed by atoms with E-state index in [9.17, 15) is 14.4 Å². The number of nitrogens with two attached hydrogens (primary N) is 1. The van der Waals surface area contributed by atoms with Crippen LogP contribution in [0.4, 0.5) is 0 Å². The van der Waals surface area contributed by atoms with Crippen molar-refractivity contribution in [2.45, 2.75) is 25.8 Å². The van der Waals surface area contributed by atoms with Gasteiger partial charge in [-0.2, -0.15) is 0 Å². The average Bonchev–Trinajstić information content (AvgIpc) is 2.27. The van der Waals surface area contributed by atoms with E-state index in [0.717, 1.165) is 11.1 Å². The normalized spacial score (nSPS) is 11.6. The first-order valence-corrected chi connectivity index (χ1v) is 5.74. The maximum atomic E-state index is 11.7. The molecule has 0 heterocycles. The lowest BCUT2D eigenvalue weighted by Gasteiger charge is -2.12. The van der Waals surface area contributed by atoms with Crippen LogP contribution >= 0.6 is 0 Å². The minimum absolute atomic E-state index is 0.0597. The van der Waals surface area contributed by atoms with Crippen LogP contribution in [0.5, 0.6) is 0 Å². The number of hydrogen-bond acceptors (Lipinski definition) is 3. The fourth-order valence-corrected chi connectivity index (χ4v) is 1.65. The van der Waals surface area contributed by atoms with E-state index in [0.29, 0.717) is 0 Å². The van der Waals surface area contributed by atoms with Gasteiger partial charge >= 0.3 is 5.97 Å². The minimum atomic E-state index is -1.28. The quantitative estimate of drug-likeness (QED) is 0.670. The Hall–Kier alpha value is -2.37. The van der Waals surface area contributed by atoms with Crippen LogP contribution in [-0.4, -0.2) is 28.9 Å². The zero-order valence-corrected chi connectivity index (χ0v) is 10.6. The van der Waals surface area contributed by atoms with Gasteiger partial charge in [0.2, 0.25) is 11.8 Å². The molecule has 0 bridgehead atoms. The molecule has 0 aromatic heterocycles. The molecule has 6 heteroatoms. The Kier molecular flexibility index (Phi) is 5.05. The molecule has 0 saturated heterocycles. The Labute approximate surface area is 110 Å². The number of carboxylic acid groups (broad SMARTS) is 1. The second-order valence-corrected chi connectivity index (χ2v) is 4.29. The monoisotopic (exact) mass is 264 g/mol. The fraction of sp³-hybridized carbons (Fsp3) is 0.308. The van der Waals surface area contributed by atoms with E-state index in [4.69, 9.17) is 10.8 Å². The molecule has 19 heavy (non-hydrogen) atoms. The van der Waals surface area contributed by atoms with Crippen LogP contribution in [0.15, 0.2) is 24.3 Å². The lowest BCUT2D eigenvalue weighted by molar-refractivity contribution is -0.143. The summed E-state index contributed by atoms with van der Waals surface area (Å²) in [5.41, 5.74) is 6.72. The summed E-state index contributed by atoms with van der Waals surface area (Å²) in [6.07, 6.45) is -0.362. The van der Waals surface area contributed by atoms with Gasteiger partial charge in [-0.1, -0.05) is 29.8 Å². The molecule has 0 unspecified atom stereocenters. The van der Waals surface area contributed by atoms with E-state index in [1.807, 2.05) is 25.1 Å². The average molecular weight is 264 g/mol. The highest BCUT2D eigenvalue weighted by atomic mass is 16.4. The summed E-state index contributed by atoms with van der Waals surface area (Å²) in [4.78, 5) is 33.3. The predicted molar refractivity (Wildman–Crippen MR) is 68.3 cm³/mol. The number of aliphatic carboxylic acids is 1. The first-order valence-electron chi connectivity index (χ1n) is 5.74. The van der Waals surface area contributed by atoms with Gasteiger partial charge in [-0.3, -0.25) is 9.59 Å². The molecule has 102 valence electrons. The van der Waals surface area contributed by atoms with Crippen LogP contribution in [0.1, 0.15) is 17.5 Å². The van der Waals surface area contributed by atoms with Crippen LogP contribution in [0.2, 0.25) is 0 Å². The molecule has 0 aliphatic heterocycles. The molecule has 6 nitrogen and oxygen atoms in total. The molecule has 2 amide bonds. The van der Waals surface area contributed by atoms with Gasteiger partial charge in [0, 0.05) is 0 Å². The van der Waals surface area contributed by atoms with Crippen molar-refractivity contribution in [1.82, 2.24) is 5.32 Å².